The molecule has 0 saturated carbocycles. The van der Waals surface area contributed by atoms with E-state index in [0.29, 0.717) is 6.54 Å². The molecule has 1 aromatic rings. The highest BCUT2D eigenvalue weighted by Gasteiger charge is 2.55. The van der Waals surface area contributed by atoms with E-state index in [-0.39, 0.29) is 11.9 Å². The number of benzene rings is 1. The Bertz CT molecular complexity index is 914. The number of guanidine groups is 1. The number of fused-ring (bicyclic) bond motifs is 3. The van der Waals surface area contributed by atoms with Gasteiger partial charge in [-0.15, -0.1) is 0 Å². The highest BCUT2D eigenvalue weighted by molar-refractivity contribution is 6.10. The van der Waals surface area contributed by atoms with Gasteiger partial charge in [0.15, 0.2) is 12.2 Å². The SMILES string of the molecule is CCCN1C(=O)C2C(N=C3N(c4cc(C)cc(C)c4)C(C)=C(C)N32)N(C)C1=O. The Morgan fingerprint density at radius 2 is 1.64 bits per heavy atom. The van der Waals surface area contributed by atoms with Crippen LogP contribution < -0.4 is 4.90 Å². The van der Waals surface area contributed by atoms with Crippen LogP contribution in [-0.4, -0.2) is 58.4 Å². The summed E-state index contributed by atoms with van der Waals surface area (Å²) in [6, 6.07) is 5.61. The number of aliphatic imine (C=N–C) groups is 1. The third-order valence-corrected chi connectivity index (χ3v) is 5.80. The van der Waals surface area contributed by atoms with Gasteiger partial charge in [-0.3, -0.25) is 19.5 Å². The van der Waals surface area contributed by atoms with E-state index in [4.69, 9.17) is 4.99 Å². The molecule has 3 aliphatic heterocycles. The zero-order chi connectivity index (χ0) is 20.3. The van der Waals surface area contributed by atoms with Crippen molar-refractivity contribution in [1.82, 2.24) is 14.7 Å². The van der Waals surface area contributed by atoms with Gasteiger partial charge in [-0.2, -0.15) is 0 Å². The molecule has 148 valence electrons. The van der Waals surface area contributed by atoms with Crippen molar-refractivity contribution < 1.29 is 9.59 Å². The molecule has 28 heavy (non-hydrogen) atoms. The molecular formula is C21H27N5O2. The first-order chi connectivity index (χ1) is 13.3. The molecule has 0 N–H and O–H groups in total. The molecule has 7 heteroatoms. The van der Waals surface area contributed by atoms with Crippen LogP contribution in [0.4, 0.5) is 10.5 Å². The Balaban J connectivity index is 1.80. The highest BCUT2D eigenvalue weighted by Crippen LogP contribution is 2.40. The molecule has 1 fully saturated rings. The van der Waals surface area contributed by atoms with Crippen molar-refractivity contribution in [2.75, 3.05) is 18.5 Å². The van der Waals surface area contributed by atoms with E-state index in [0.717, 1.165) is 29.5 Å². The lowest BCUT2D eigenvalue weighted by atomic mass is 10.1. The number of hydrogen-bond donors (Lipinski definition) is 0. The van der Waals surface area contributed by atoms with Crippen molar-refractivity contribution in [3.05, 3.63) is 40.7 Å². The summed E-state index contributed by atoms with van der Waals surface area (Å²) in [7, 11) is 1.73. The number of carbonyl (C=O) groups excluding carboxylic acids is 2. The molecule has 3 amide bonds. The fraction of sp³-hybridized carbons (Fsp3) is 0.476. The highest BCUT2D eigenvalue weighted by atomic mass is 16.2. The topological polar surface area (TPSA) is 59.5 Å². The number of urea groups is 1. The van der Waals surface area contributed by atoms with Gasteiger partial charge < -0.3 is 4.90 Å². The normalized spacial score (nSPS) is 24.3. The van der Waals surface area contributed by atoms with E-state index in [9.17, 15) is 9.59 Å². The fourth-order valence-electron chi connectivity index (χ4n) is 4.43. The molecule has 0 spiro atoms. The third-order valence-electron chi connectivity index (χ3n) is 5.80. The van der Waals surface area contributed by atoms with Crippen LogP contribution in [0.3, 0.4) is 0 Å². The molecule has 1 saturated heterocycles. The minimum Gasteiger partial charge on any atom is -0.302 e. The summed E-state index contributed by atoms with van der Waals surface area (Å²) in [6.45, 7) is 10.6. The van der Waals surface area contributed by atoms with Crippen LogP contribution in [0.15, 0.2) is 34.6 Å². The van der Waals surface area contributed by atoms with Gasteiger partial charge in [0.2, 0.25) is 5.96 Å². The quantitative estimate of drug-likeness (QED) is 0.807. The van der Waals surface area contributed by atoms with Gasteiger partial charge in [0.05, 0.1) is 0 Å². The van der Waals surface area contributed by atoms with Crippen LogP contribution in [-0.2, 0) is 4.79 Å². The van der Waals surface area contributed by atoms with Crippen LogP contribution >= 0.6 is 0 Å². The molecule has 7 nitrogen and oxygen atoms in total. The lowest BCUT2D eigenvalue weighted by Gasteiger charge is -2.40. The van der Waals surface area contributed by atoms with Gasteiger partial charge in [0, 0.05) is 30.7 Å². The number of anilines is 1. The zero-order valence-corrected chi connectivity index (χ0v) is 17.4. The molecule has 0 radical (unpaired) electrons. The molecule has 1 aromatic carbocycles. The second-order valence-corrected chi connectivity index (χ2v) is 7.89. The van der Waals surface area contributed by atoms with Crippen LogP contribution in [0.5, 0.6) is 0 Å². The van der Waals surface area contributed by atoms with Crippen LogP contribution in [0, 0.1) is 13.8 Å². The monoisotopic (exact) mass is 381 g/mol. The smallest absolute Gasteiger partial charge is 0.302 e. The van der Waals surface area contributed by atoms with Gasteiger partial charge in [-0.1, -0.05) is 13.0 Å². The number of allylic oxidation sites excluding steroid dienone is 2. The van der Waals surface area contributed by atoms with E-state index >= 15 is 0 Å². The summed E-state index contributed by atoms with van der Waals surface area (Å²) in [4.78, 5) is 37.8. The summed E-state index contributed by atoms with van der Waals surface area (Å²) in [5.41, 5.74) is 5.43. The number of imide groups is 1. The van der Waals surface area contributed by atoms with E-state index in [2.05, 4.69) is 43.9 Å². The first-order valence-electron chi connectivity index (χ1n) is 9.77. The van der Waals surface area contributed by atoms with Gasteiger partial charge in [-0.05, 0) is 57.4 Å². The number of amides is 3. The van der Waals surface area contributed by atoms with Crippen LogP contribution in [0.2, 0.25) is 0 Å². The number of nitrogens with zero attached hydrogens (tertiary/aromatic N) is 5. The van der Waals surface area contributed by atoms with E-state index in [1.165, 1.54) is 16.0 Å². The number of likely N-dealkylation sites (N-methyl/N-ethyl adjacent to an activating group) is 1. The Hall–Kier alpha value is -2.83. The van der Waals surface area contributed by atoms with Crippen molar-refractivity contribution in [1.29, 1.82) is 0 Å². The summed E-state index contributed by atoms with van der Waals surface area (Å²) < 4.78 is 0. The number of hydrogen-bond acceptors (Lipinski definition) is 5. The molecule has 3 heterocycles. The maximum atomic E-state index is 13.2. The summed E-state index contributed by atoms with van der Waals surface area (Å²) in [6.07, 6.45) is 0.235. The number of carbonyl (C=O) groups is 2. The van der Waals surface area contributed by atoms with Crippen molar-refractivity contribution in [2.24, 2.45) is 4.99 Å². The molecule has 0 aromatic heterocycles. The second-order valence-electron chi connectivity index (χ2n) is 7.89. The number of rotatable bonds is 3. The van der Waals surface area contributed by atoms with Gasteiger partial charge in [0.1, 0.15) is 0 Å². The maximum Gasteiger partial charge on any atom is 0.328 e. The third kappa shape index (κ3) is 2.45. The van der Waals surface area contributed by atoms with Crippen molar-refractivity contribution in [3.63, 3.8) is 0 Å². The Labute approximate surface area is 165 Å². The zero-order valence-electron chi connectivity index (χ0n) is 17.4. The molecule has 3 aliphatic rings. The first-order valence-corrected chi connectivity index (χ1v) is 9.77. The lowest BCUT2D eigenvalue weighted by molar-refractivity contribution is -0.136. The van der Waals surface area contributed by atoms with Gasteiger partial charge in [-0.25, -0.2) is 9.79 Å². The molecule has 4 rings (SSSR count). The first kappa shape index (κ1) is 18.5. The Morgan fingerprint density at radius 1 is 1.00 bits per heavy atom. The van der Waals surface area contributed by atoms with Crippen LogP contribution in [0.25, 0.3) is 0 Å². The largest absolute Gasteiger partial charge is 0.328 e. The average molecular weight is 381 g/mol. The molecule has 2 unspecified atom stereocenters. The summed E-state index contributed by atoms with van der Waals surface area (Å²) in [5.74, 6) is 0.560. The minimum atomic E-state index is -0.505. The van der Waals surface area contributed by atoms with Gasteiger partial charge in [0.25, 0.3) is 5.91 Å². The van der Waals surface area contributed by atoms with E-state index in [1.54, 1.807) is 11.9 Å². The van der Waals surface area contributed by atoms with E-state index < -0.39 is 12.2 Å². The summed E-state index contributed by atoms with van der Waals surface area (Å²) >= 11 is 0. The maximum absolute atomic E-state index is 13.2. The van der Waals surface area contributed by atoms with Gasteiger partial charge >= 0.3 is 6.03 Å². The Kier molecular flexibility index (Phi) is 4.21. The minimum absolute atomic E-state index is 0.164. The average Bonchev–Trinajstić information content (AvgIpc) is 3.12. The van der Waals surface area contributed by atoms with Crippen molar-refractivity contribution in [2.45, 2.75) is 53.2 Å². The standard InChI is InChI=1S/C21H27N5O2/c1-7-8-24-19(27)17-18(23(6)21(24)28)22-20-25(14(4)15(5)26(17)20)16-10-12(2)9-13(3)11-16/h9-11,17-18H,7-8H2,1-6H3. The van der Waals surface area contributed by atoms with Crippen molar-refractivity contribution >= 4 is 23.6 Å². The predicted molar refractivity (Wildman–Crippen MR) is 109 cm³/mol. The number of aryl methyl sites for hydroxylation is 2. The van der Waals surface area contributed by atoms with Crippen LogP contribution in [0.1, 0.15) is 38.3 Å². The predicted octanol–water partition coefficient (Wildman–Crippen LogP) is 3.05. The van der Waals surface area contributed by atoms with E-state index in [1.807, 2.05) is 18.7 Å². The second kappa shape index (κ2) is 6.36. The molecule has 0 bridgehead atoms. The fourth-order valence-corrected chi connectivity index (χ4v) is 4.43. The molecule has 0 aliphatic carbocycles. The Morgan fingerprint density at radius 3 is 2.25 bits per heavy atom. The molecular weight excluding hydrogens is 354 g/mol. The summed E-state index contributed by atoms with van der Waals surface area (Å²) in [5, 5.41) is 0. The van der Waals surface area contributed by atoms with Crippen molar-refractivity contribution in [3.8, 4) is 0 Å². The molecule has 2 atom stereocenters. The lowest BCUT2D eigenvalue weighted by Crippen LogP contribution is -2.64.